The summed E-state index contributed by atoms with van der Waals surface area (Å²) in [5.74, 6) is 2.38. The third-order valence-corrected chi connectivity index (χ3v) is 4.84. The lowest BCUT2D eigenvalue weighted by Gasteiger charge is -2.39. The molecule has 3 heteroatoms. The van der Waals surface area contributed by atoms with Crippen LogP contribution in [-0.4, -0.2) is 30.6 Å². The number of para-hydroxylation sites is 1. The number of hydrogen-bond donors (Lipinski definition) is 1. The molecule has 1 saturated heterocycles. The fourth-order valence-corrected chi connectivity index (χ4v) is 3.81. The van der Waals surface area contributed by atoms with Crippen molar-refractivity contribution in [3.63, 3.8) is 0 Å². The van der Waals surface area contributed by atoms with Gasteiger partial charge >= 0.3 is 0 Å². The van der Waals surface area contributed by atoms with E-state index in [9.17, 15) is 0 Å². The van der Waals surface area contributed by atoms with Gasteiger partial charge < -0.3 is 10.6 Å². The Morgan fingerprint density at radius 3 is 2.50 bits per heavy atom. The van der Waals surface area contributed by atoms with Crippen LogP contribution in [0.4, 0.5) is 5.69 Å². The van der Waals surface area contributed by atoms with Crippen LogP contribution in [0.1, 0.15) is 25.0 Å². The fourth-order valence-electron chi connectivity index (χ4n) is 2.73. The summed E-state index contributed by atoms with van der Waals surface area (Å²) in [6.07, 6.45) is 2.20. The lowest BCUT2D eigenvalue weighted by atomic mass is 10.0. The molecule has 1 aliphatic heterocycles. The highest BCUT2D eigenvalue weighted by Gasteiger charge is 2.24. The van der Waals surface area contributed by atoms with Crippen molar-refractivity contribution in [1.82, 2.24) is 0 Å². The Hall–Kier alpha value is -0.670. The molecule has 2 nitrogen and oxygen atoms in total. The average Bonchev–Trinajstić information content (AvgIpc) is 2.46. The van der Waals surface area contributed by atoms with Crippen molar-refractivity contribution in [2.24, 2.45) is 5.73 Å². The number of nitrogens with two attached hydrogens (primary N) is 1. The number of hydrogen-bond acceptors (Lipinski definition) is 3. The lowest BCUT2D eigenvalue weighted by Crippen LogP contribution is -2.47. The third-order valence-electron chi connectivity index (χ3n) is 3.75. The van der Waals surface area contributed by atoms with Crippen molar-refractivity contribution in [1.29, 1.82) is 0 Å². The number of aryl methyl sites for hydroxylation is 2. The largest absolute Gasteiger partial charge is 0.365 e. The third kappa shape index (κ3) is 2.67. The molecule has 0 spiro atoms. The van der Waals surface area contributed by atoms with Crippen LogP contribution in [0.2, 0.25) is 0 Å². The Labute approximate surface area is 115 Å². The molecule has 1 fully saturated rings. The van der Waals surface area contributed by atoms with Gasteiger partial charge in [-0.15, -0.1) is 0 Å². The van der Waals surface area contributed by atoms with Crippen molar-refractivity contribution < 1.29 is 0 Å². The molecular weight excluding hydrogens is 240 g/mol. The van der Waals surface area contributed by atoms with E-state index in [4.69, 9.17) is 5.73 Å². The van der Waals surface area contributed by atoms with Crippen molar-refractivity contribution in [2.75, 3.05) is 29.5 Å². The zero-order chi connectivity index (χ0) is 13.0. The molecule has 18 heavy (non-hydrogen) atoms. The molecule has 1 unspecified atom stereocenters. The molecule has 100 valence electrons. The molecule has 1 atom stereocenters. The van der Waals surface area contributed by atoms with Gasteiger partial charge in [0, 0.05) is 30.3 Å². The van der Waals surface area contributed by atoms with Gasteiger partial charge in [-0.05, 0) is 24.0 Å². The Morgan fingerprint density at radius 1 is 1.28 bits per heavy atom. The number of thioether (sulfide) groups is 1. The Balaban J connectivity index is 2.40. The molecule has 2 N–H and O–H groups in total. The predicted molar refractivity (Wildman–Crippen MR) is 82.7 cm³/mol. The molecule has 1 heterocycles. The van der Waals surface area contributed by atoms with E-state index in [1.165, 1.54) is 22.6 Å². The molecule has 0 radical (unpaired) electrons. The molecule has 1 aliphatic rings. The maximum absolute atomic E-state index is 5.96. The van der Waals surface area contributed by atoms with Crippen molar-refractivity contribution in [3.8, 4) is 0 Å². The van der Waals surface area contributed by atoms with Crippen LogP contribution in [0.5, 0.6) is 0 Å². The van der Waals surface area contributed by atoms with E-state index in [0.717, 1.165) is 31.7 Å². The topological polar surface area (TPSA) is 29.3 Å². The van der Waals surface area contributed by atoms with Gasteiger partial charge in [0.1, 0.15) is 0 Å². The van der Waals surface area contributed by atoms with Gasteiger partial charge in [-0.1, -0.05) is 32.0 Å². The monoisotopic (exact) mass is 264 g/mol. The summed E-state index contributed by atoms with van der Waals surface area (Å²) in [5, 5.41) is 0. The van der Waals surface area contributed by atoms with Gasteiger partial charge in [0.2, 0.25) is 0 Å². The van der Waals surface area contributed by atoms with Gasteiger partial charge in [-0.25, -0.2) is 0 Å². The van der Waals surface area contributed by atoms with E-state index in [1.807, 2.05) is 11.8 Å². The predicted octanol–water partition coefficient (Wildman–Crippen LogP) is 2.69. The minimum absolute atomic E-state index is 0.502. The first kappa shape index (κ1) is 13.8. The smallest absolute Gasteiger partial charge is 0.0503 e. The average molecular weight is 264 g/mol. The minimum atomic E-state index is 0.502. The highest BCUT2D eigenvalue weighted by molar-refractivity contribution is 7.99. The second-order valence-corrected chi connectivity index (χ2v) is 5.94. The van der Waals surface area contributed by atoms with E-state index < -0.39 is 0 Å². The first-order chi connectivity index (χ1) is 8.81. The summed E-state index contributed by atoms with van der Waals surface area (Å²) >= 11 is 2.03. The van der Waals surface area contributed by atoms with Gasteiger partial charge in [0.25, 0.3) is 0 Å². The number of rotatable bonds is 4. The summed E-state index contributed by atoms with van der Waals surface area (Å²) in [5.41, 5.74) is 10.4. The van der Waals surface area contributed by atoms with Gasteiger partial charge in [0.05, 0.1) is 6.04 Å². The standard InChI is InChI=1S/C15H24N2S/c1-3-12-6-5-7-13(4-2)15(12)17-8-9-18-11-14(17)10-16/h5-7,14H,3-4,8-11,16H2,1-2H3. The second-order valence-electron chi connectivity index (χ2n) is 4.79. The zero-order valence-corrected chi connectivity index (χ0v) is 12.3. The number of anilines is 1. The van der Waals surface area contributed by atoms with Gasteiger partial charge in [0.15, 0.2) is 0 Å². The minimum Gasteiger partial charge on any atom is -0.365 e. The zero-order valence-electron chi connectivity index (χ0n) is 11.5. The Morgan fingerprint density at radius 2 is 1.94 bits per heavy atom. The van der Waals surface area contributed by atoms with Gasteiger partial charge in [-0.3, -0.25) is 0 Å². The van der Waals surface area contributed by atoms with Crippen LogP contribution in [-0.2, 0) is 12.8 Å². The van der Waals surface area contributed by atoms with Crippen LogP contribution in [0.15, 0.2) is 18.2 Å². The summed E-state index contributed by atoms with van der Waals surface area (Å²) in [7, 11) is 0. The maximum Gasteiger partial charge on any atom is 0.0503 e. The summed E-state index contributed by atoms with van der Waals surface area (Å²) < 4.78 is 0. The molecule has 0 bridgehead atoms. The fraction of sp³-hybridized carbons (Fsp3) is 0.600. The molecule has 0 amide bonds. The van der Waals surface area contributed by atoms with Crippen LogP contribution in [0.25, 0.3) is 0 Å². The number of benzene rings is 1. The van der Waals surface area contributed by atoms with Gasteiger partial charge in [-0.2, -0.15) is 11.8 Å². The van der Waals surface area contributed by atoms with E-state index in [-0.39, 0.29) is 0 Å². The Kier molecular flexibility index (Phi) is 4.95. The molecule has 1 aromatic carbocycles. The lowest BCUT2D eigenvalue weighted by molar-refractivity contribution is 0.649. The van der Waals surface area contributed by atoms with Crippen LogP contribution < -0.4 is 10.6 Å². The van der Waals surface area contributed by atoms with Crippen molar-refractivity contribution >= 4 is 17.4 Å². The number of nitrogens with zero attached hydrogens (tertiary/aromatic N) is 1. The highest BCUT2D eigenvalue weighted by Crippen LogP contribution is 2.31. The first-order valence-corrected chi connectivity index (χ1v) is 8.12. The van der Waals surface area contributed by atoms with E-state index in [2.05, 4.69) is 36.9 Å². The summed E-state index contributed by atoms with van der Waals surface area (Å²) in [4.78, 5) is 2.56. The second kappa shape index (κ2) is 6.48. The molecular formula is C15H24N2S. The summed E-state index contributed by atoms with van der Waals surface area (Å²) in [6, 6.07) is 7.23. The molecule has 0 aliphatic carbocycles. The van der Waals surface area contributed by atoms with E-state index in [0.29, 0.717) is 6.04 Å². The highest BCUT2D eigenvalue weighted by atomic mass is 32.2. The first-order valence-electron chi connectivity index (χ1n) is 6.97. The van der Waals surface area contributed by atoms with Crippen LogP contribution >= 0.6 is 11.8 Å². The van der Waals surface area contributed by atoms with Crippen LogP contribution in [0, 0.1) is 0 Å². The SMILES string of the molecule is CCc1cccc(CC)c1N1CCSCC1CN. The van der Waals surface area contributed by atoms with E-state index in [1.54, 1.807) is 0 Å². The molecule has 0 aromatic heterocycles. The maximum atomic E-state index is 5.96. The van der Waals surface area contributed by atoms with Crippen molar-refractivity contribution in [2.45, 2.75) is 32.7 Å². The molecule has 0 saturated carbocycles. The quantitative estimate of drug-likeness (QED) is 0.906. The summed E-state index contributed by atoms with van der Waals surface area (Å²) in [6.45, 7) is 6.38. The Bertz CT molecular complexity index is 370. The van der Waals surface area contributed by atoms with Crippen molar-refractivity contribution in [3.05, 3.63) is 29.3 Å². The molecule has 1 aromatic rings. The van der Waals surface area contributed by atoms with E-state index >= 15 is 0 Å². The molecule has 2 rings (SSSR count). The van der Waals surface area contributed by atoms with Crippen LogP contribution in [0.3, 0.4) is 0 Å². The normalized spacial score (nSPS) is 20.2.